The lowest BCUT2D eigenvalue weighted by atomic mass is 10.1. The molecule has 0 amide bonds. The predicted molar refractivity (Wildman–Crippen MR) is 72.5 cm³/mol. The molecule has 0 aliphatic rings. The molecule has 0 radical (unpaired) electrons. The fourth-order valence-corrected chi connectivity index (χ4v) is 1.78. The van der Waals surface area contributed by atoms with Crippen LogP contribution < -0.4 is 5.32 Å². The Morgan fingerprint density at radius 1 is 1.25 bits per heavy atom. The minimum Gasteiger partial charge on any atom is -0.478 e. The minimum atomic E-state index is -1.10. The van der Waals surface area contributed by atoms with Gasteiger partial charge in [-0.25, -0.2) is 9.18 Å². The van der Waals surface area contributed by atoms with Crippen molar-refractivity contribution in [3.05, 3.63) is 58.9 Å². The molecule has 0 saturated heterocycles. The maximum Gasteiger partial charge on any atom is 0.337 e. The summed E-state index contributed by atoms with van der Waals surface area (Å²) in [6.07, 6.45) is 0. The smallest absolute Gasteiger partial charge is 0.337 e. The van der Waals surface area contributed by atoms with Crippen LogP contribution >= 0.6 is 0 Å². The first-order valence-corrected chi connectivity index (χ1v) is 5.82. The van der Waals surface area contributed by atoms with Gasteiger partial charge in [-0.2, -0.15) is 5.26 Å². The van der Waals surface area contributed by atoms with Crippen LogP contribution in [0.3, 0.4) is 0 Å². The molecular weight excluding hydrogens is 259 g/mol. The van der Waals surface area contributed by atoms with Crippen molar-refractivity contribution in [3.8, 4) is 6.07 Å². The Balaban J connectivity index is 2.42. The molecule has 0 aromatic heterocycles. The fraction of sp³-hybridized carbons (Fsp3) is 0.0667. The van der Waals surface area contributed by atoms with Gasteiger partial charge < -0.3 is 10.4 Å². The van der Waals surface area contributed by atoms with Gasteiger partial charge in [-0.15, -0.1) is 0 Å². The standard InChI is InChI=1S/C15H11FN2O2/c1-9-2-4-11(15(19)20)14(6-9)18-13-5-3-10(8-17)7-12(13)16/h2-7,18H,1H3,(H,19,20). The highest BCUT2D eigenvalue weighted by molar-refractivity contribution is 5.95. The van der Waals surface area contributed by atoms with Gasteiger partial charge in [0.15, 0.2) is 0 Å². The van der Waals surface area contributed by atoms with Gasteiger partial charge in [0, 0.05) is 0 Å². The van der Waals surface area contributed by atoms with Crippen LogP contribution in [0, 0.1) is 24.1 Å². The van der Waals surface area contributed by atoms with Gasteiger partial charge in [0.1, 0.15) is 5.82 Å². The van der Waals surface area contributed by atoms with E-state index in [9.17, 15) is 9.18 Å². The minimum absolute atomic E-state index is 0.0550. The van der Waals surface area contributed by atoms with Gasteiger partial charge in [0.05, 0.1) is 28.6 Å². The molecule has 2 aromatic carbocycles. The number of carboxylic acids is 1. The average Bonchev–Trinajstić information content (AvgIpc) is 2.40. The Morgan fingerprint density at radius 2 is 2.00 bits per heavy atom. The van der Waals surface area contributed by atoms with Crippen molar-refractivity contribution in [2.24, 2.45) is 0 Å². The Hall–Kier alpha value is -2.87. The zero-order valence-electron chi connectivity index (χ0n) is 10.6. The number of hydrogen-bond donors (Lipinski definition) is 2. The number of carboxylic acid groups (broad SMARTS) is 1. The summed E-state index contributed by atoms with van der Waals surface area (Å²) in [5.74, 6) is -1.71. The number of halogens is 1. The highest BCUT2D eigenvalue weighted by atomic mass is 19.1. The van der Waals surface area contributed by atoms with Gasteiger partial charge in [0.2, 0.25) is 0 Å². The topological polar surface area (TPSA) is 73.1 Å². The molecule has 100 valence electrons. The lowest BCUT2D eigenvalue weighted by Crippen LogP contribution is -2.04. The third-order valence-corrected chi connectivity index (χ3v) is 2.77. The Labute approximate surface area is 115 Å². The lowest BCUT2D eigenvalue weighted by Gasteiger charge is -2.11. The van der Waals surface area contributed by atoms with Crippen molar-refractivity contribution in [2.45, 2.75) is 6.92 Å². The highest BCUT2D eigenvalue weighted by Crippen LogP contribution is 2.25. The van der Waals surface area contributed by atoms with Crippen molar-refractivity contribution in [1.29, 1.82) is 5.26 Å². The van der Waals surface area contributed by atoms with Crippen LogP contribution in [0.5, 0.6) is 0 Å². The Morgan fingerprint density at radius 3 is 2.60 bits per heavy atom. The van der Waals surface area contributed by atoms with E-state index in [1.54, 1.807) is 12.1 Å². The number of nitrogens with one attached hydrogen (secondary N) is 1. The molecule has 2 rings (SSSR count). The van der Waals surface area contributed by atoms with Crippen molar-refractivity contribution in [3.63, 3.8) is 0 Å². The molecule has 0 aliphatic carbocycles. The van der Waals surface area contributed by atoms with Crippen LogP contribution in [-0.2, 0) is 0 Å². The molecule has 5 heteroatoms. The predicted octanol–water partition coefficient (Wildman–Crippen LogP) is 3.45. The van der Waals surface area contributed by atoms with E-state index in [4.69, 9.17) is 10.4 Å². The van der Waals surface area contributed by atoms with Gasteiger partial charge in [-0.05, 0) is 42.8 Å². The molecular formula is C15H11FN2O2. The summed E-state index contributed by atoms with van der Waals surface area (Å²) in [5.41, 5.74) is 1.54. The molecule has 0 fully saturated rings. The van der Waals surface area contributed by atoms with Crippen LogP contribution in [-0.4, -0.2) is 11.1 Å². The Kier molecular flexibility index (Phi) is 3.67. The van der Waals surface area contributed by atoms with E-state index in [0.29, 0.717) is 5.69 Å². The molecule has 0 saturated carbocycles. The van der Waals surface area contributed by atoms with Crippen LogP contribution in [0.2, 0.25) is 0 Å². The normalized spacial score (nSPS) is 9.85. The maximum absolute atomic E-state index is 13.8. The number of aromatic carboxylic acids is 1. The third kappa shape index (κ3) is 2.75. The highest BCUT2D eigenvalue weighted by Gasteiger charge is 2.12. The summed E-state index contributed by atoms with van der Waals surface area (Å²) in [6, 6.07) is 10.6. The molecule has 2 aromatic rings. The van der Waals surface area contributed by atoms with Crippen LogP contribution in [0.1, 0.15) is 21.5 Å². The second kappa shape index (κ2) is 5.41. The number of benzene rings is 2. The van der Waals surface area contributed by atoms with E-state index in [2.05, 4.69) is 5.32 Å². The number of rotatable bonds is 3. The summed E-state index contributed by atoms with van der Waals surface area (Å²) in [5, 5.41) is 20.5. The van der Waals surface area contributed by atoms with Crippen LogP contribution in [0.15, 0.2) is 36.4 Å². The second-order valence-corrected chi connectivity index (χ2v) is 4.29. The van der Waals surface area contributed by atoms with Crippen LogP contribution in [0.25, 0.3) is 0 Å². The summed E-state index contributed by atoms with van der Waals surface area (Å²) < 4.78 is 13.8. The van der Waals surface area contributed by atoms with Gasteiger partial charge in [0.25, 0.3) is 0 Å². The molecule has 20 heavy (non-hydrogen) atoms. The third-order valence-electron chi connectivity index (χ3n) is 2.77. The van der Waals surface area contributed by atoms with Crippen molar-refractivity contribution in [2.75, 3.05) is 5.32 Å². The summed E-state index contributed by atoms with van der Waals surface area (Å²) in [4.78, 5) is 11.1. The monoisotopic (exact) mass is 270 g/mol. The number of nitriles is 1. The van der Waals surface area contributed by atoms with Crippen molar-refractivity contribution < 1.29 is 14.3 Å². The SMILES string of the molecule is Cc1ccc(C(=O)O)c(Nc2ccc(C#N)cc2F)c1. The van der Waals surface area contributed by atoms with E-state index in [0.717, 1.165) is 11.6 Å². The van der Waals surface area contributed by atoms with E-state index < -0.39 is 11.8 Å². The number of hydrogen-bond acceptors (Lipinski definition) is 3. The zero-order valence-corrected chi connectivity index (χ0v) is 10.6. The molecule has 0 aliphatic heterocycles. The number of anilines is 2. The first-order chi connectivity index (χ1) is 9.51. The van der Waals surface area contributed by atoms with Crippen molar-refractivity contribution in [1.82, 2.24) is 0 Å². The summed E-state index contributed by atoms with van der Waals surface area (Å²) in [7, 11) is 0. The average molecular weight is 270 g/mol. The fourth-order valence-electron chi connectivity index (χ4n) is 1.78. The molecule has 2 N–H and O–H groups in total. The molecule has 0 atom stereocenters. The second-order valence-electron chi connectivity index (χ2n) is 4.29. The van der Waals surface area contributed by atoms with E-state index >= 15 is 0 Å². The number of aryl methyl sites for hydroxylation is 1. The van der Waals surface area contributed by atoms with E-state index in [1.807, 2.05) is 13.0 Å². The molecule has 0 heterocycles. The number of carbonyl (C=O) groups is 1. The largest absolute Gasteiger partial charge is 0.478 e. The van der Waals surface area contributed by atoms with Crippen molar-refractivity contribution >= 4 is 17.3 Å². The van der Waals surface area contributed by atoms with E-state index in [1.165, 1.54) is 18.2 Å². The van der Waals surface area contributed by atoms with E-state index in [-0.39, 0.29) is 16.8 Å². The lowest BCUT2D eigenvalue weighted by molar-refractivity contribution is 0.0698. The summed E-state index contributed by atoms with van der Waals surface area (Å²) in [6.45, 7) is 1.81. The Bertz CT molecular complexity index is 720. The first-order valence-electron chi connectivity index (χ1n) is 5.82. The van der Waals surface area contributed by atoms with Crippen LogP contribution in [0.4, 0.5) is 15.8 Å². The molecule has 0 bridgehead atoms. The first kappa shape index (κ1) is 13.6. The molecule has 0 spiro atoms. The van der Waals surface area contributed by atoms with Gasteiger partial charge in [-0.3, -0.25) is 0 Å². The molecule has 0 unspecified atom stereocenters. The maximum atomic E-state index is 13.8. The quantitative estimate of drug-likeness (QED) is 0.895. The summed E-state index contributed by atoms with van der Waals surface area (Å²) >= 11 is 0. The zero-order chi connectivity index (χ0) is 14.7. The molecule has 4 nitrogen and oxygen atoms in total. The van der Waals surface area contributed by atoms with Gasteiger partial charge >= 0.3 is 5.97 Å². The van der Waals surface area contributed by atoms with Gasteiger partial charge in [-0.1, -0.05) is 6.07 Å². The number of nitrogens with zero attached hydrogens (tertiary/aromatic N) is 1.